The van der Waals surface area contributed by atoms with Crippen LogP contribution in [-0.4, -0.2) is 46.7 Å². The van der Waals surface area contributed by atoms with Crippen LogP contribution in [0, 0.1) is 11.3 Å². The molecule has 1 N–H and O–H groups in total. The molecule has 0 rings (SSSR count). The molecule has 0 fully saturated rings. The highest BCUT2D eigenvalue weighted by Gasteiger charge is 2.28. The summed E-state index contributed by atoms with van der Waals surface area (Å²) >= 11 is 0. The van der Waals surface area contributed by atoms with Crippen molar-refractivity contribution in [2.24, 2.45) is 11.3 Å². The fourth-order valence-electron chi connectivity index (χ4n) is 1.97. The predicted molar refractivity (Wildman–Crippen MR) is 81.3 cm³/mol. The van der Waals surface area contributed by atoms with Gasteiger partial charge in [-0.05, 0) is 24.2 Å². The molecule has 1 unspecified atom stereocenters. The number of hydrogen-bond donors (Lipinski definition) is 1. The maximum atomic E-state index is 11.5. The first-order valence-corrected chi connectivity index (χ1v) is 8.99. The third-order valence-electron chi connectivity index (χ3n) is 4.05. The van der Waals surface area contributed by atoms with Gasteiger partial charge in [0.25, 0.3) is 0 Å². The van der Waals surface area contributed by atoms with Gasteiger partial charge in [0.05, 0.1) is 12.4 Å². The van der Waals surface area contributed by atoms with Gasteiger partial charge in [-0.25, -0.2) is 8.42 Å². The zero-order valence-electron chi connectivity index (χ0n) is 13.2. The molecule has 5 heteroatoms. The van der Waals surface area contributed by atoms with Crippen LogP contribution in [0.3, 0.4) is 0 Å². The summed E-state index contributed by atoms with van der Waals surface area (Å²) in [5.74, 6) is 1.08. The van der Waals surface area contributed by atoms with E-state index >= 15 is 0 Å². The van der Waals surface area contributed by atoms with Crippen molar-refractivity contribution in [3.05, 3.63) is 0 Å². The Labute approximate surface area is 119 Å². The molecular weight excluding hydrogens is 262 g/mol. The molecule has 0 aromatic carbocycles. The summed E-state index contributed by atoms with van der Waals surface area (Å²) in [5, 5.41) is 3.40. The first kappa shape index (κ1) is 18.9. The average molecular weight is 293 g/mol. The number of sulfone groups is 1. The molecular formula is C14H31NO3S. The quantitative estimate of drug-likeness (QED) is 0.593. The van der Waals surface area contributed by atoms with Crippen molar-refractivity contribution >= 4 is 9.84 Å². The summed E-state index contributed by atoms with van der Waals surface area (Å²) in [4.78, 5) is 0. The number of methoxy groups -OCH3 is 1. The molecule has 0 aromatic heterocycles. The third kappa shape index (κ3) is 7.90. The fraction of sp³-hybridized carbons (Fsp3) is 1.00. The van der Waals surface area contributed by atoms with Crippen molar-refractivity contribution in [3.63, 3.8) is 0 Å². The molecule has 0 bridgehead atoms. The second-order valence-electron chi connectivity index (χ2n) is 5.82. The van der Waals surface area contributed by atoms with Crippen molar-refractivity contribution < 1.29 is 13.2 Å². The summed E-state index contributed by atoms with van der Waals surface area (Å²) in [5.41, 5.74) is 0.136. The molecule has 0 saturated heterocycles. The molecule has 0 aromatic rings. The van der Waals surface area contributed by atoms with E-state index in [9.17, 15) is 8.42 Å². The van der Waals surface area contributed by atoms with Crippen molar-refractivity contribution in [2.45, 2.75) is 40.5 Å². The first-order chi connectivity index (χ1) is 8.77. The van der Waals surface area contributed by atoms with Gasteiger partial charge in [-0.3, -0.25) is 0 Å². The second-order valence-corrected chi connectivity index (χ2v) is 8.29. The Bertz CT molecular complexity index is 328. The van der Waals surface area contributed by atoms with Gasteiger partial charge >= 0.3 is 0 Å². The smallest absolute Gasteiger partial charge is 0.150 e. The predicted octanol–water partition coefficient (Wildman–Crippen LogP) is 2.10. The Balaban J connectivity index is 4.23. The van der Waals surface area contributed by atoms with Crippen LogP contribution in [0.15, 0.2) is 0 Å². The van der Waals surface area contributed by atoms with Crippen LogP contribution in [0.2, 0.25) is 0 Å². The molecule has 0 aliphatic carbocycles. The standard InChI is InChI=1S/C14H31NO3S/c1-6-19(16,17)11-7-8-14(4,13(2)3)12-15-9-10-18-5/h13,15H,6-12H2,1-5H3. The minimum Gasteiger partial charge on any atom is -0.383 e. The molecule has 1 atom stereocenters. The van der Waals surface area contributed by atoms with Gasteiger partial charge in [0, 0.05) is 26.0 Å². The highest BCUT2D eigenvalue weighted by molar-refractivity contribution is 7.91. The van der Waals surface area contributed by atoms with E-state index in [1.54, 1.807) is 14.0 Å². The highest BCUT2D eigenvalue weighted by atomic mass is 32.2. The Morgan fingerprint density at radius 2 is 1.95 bits per heavy atom. The van der Waals surface area contributed by atoms with Gasteiger partial charge in [0.2, 0.25) is 0 Å². The zero-order valence-corrected chi connectivity index (χ0v) is 14.0. The molecule has 19 heavy (non-hydrogen) atoms. The average Bonchev–Trinajstić information content (AvgIpc) is 2.34. The maximum Gasteiger partial charge on any atom is 0.150 e. The summed E-state index contributed by atoms with van der Waals surface area (Å²) in [6.07, 6.45) is 1.68. The van der Waals surface area contributed by atoms with Crippen molar-refractivity contribution in [1.82, 2.24) is 5.32 Å². The molecule has 0 radical (unpaired) electrons. The summed E-state index contributed by atoms with van der Waals surface area (Å²) in [7, 11) is -1.14. The molecule has 0 amide bonds. The molecule has 0 aliphatic rings. The van der Waals surface area contributed by atoms with Gasteiger partial charge in [0.1, 0.15) is 9.84 Å². The van der Waals surface area contributed by atoms with E-state index < -0.39 is 9.84 Å². The maximum absolute atomic E-state index is 11.5. The van der Waals surface area contributed by atoms with Gasteiger partial charge < -0.3 is 10.1 Å². The third-order valence-corrected chi connectivity index (χ3v) is 5.84. The Morgan fingerprint density at radius 3 is 2.42 bits per heavy atom. The number of hydrogen-bond acceptors (Lipinski definition) is 4. The largest absolute Gasteiger partial charge is 0.383 e. The summed E-state index contributed by atoms with van der Waals surface area (Å²) in [6, 6.07) is 0. The van der Waals surface area contributed by atoms with Crippen LogP contribution in [0.25, 0.3) is 0 Å². The lowest BCUT2D eigenvalue weighted by Crippen LogP contribution is -2.37. The highest BCUT2D eigenvalue weighted by Crippen LogP contribution is 2.31. The minimum absolute atomic E-state index is 0.136. The van der Waals surface area contributed by atoms with E-state index in [1.807, 2.05) is 0 Å². The van der Waals surface area contributed by atoms with E-state index in [0.29, 0.717) is 18.3 Å². The van der Waals surface area contributed by atoms with Gasteiger partial charge in [-0.1, -0.05) is 27.7 Å². The van der Waals surface area contributed by atoms with Gasteiger partial charge in [-0.2, -0.15) is 0 Å². The molecule has 0 spiro atoms. The SMILES string of the molecule is CCS(=O)(=O)CCCC(C)(CNCCOC)C(C)C. The van der Waals surface area contributed by atoms with Gasteiger partial charge in [0.15, 0.2) is 0 Å². The van der Waals surface area contributed by atoms with Crippen LogP contribution >= 0.6 is 0 Å². The van der Waals surface area contributed by atoms with E-state index in [1.165, 1.54) is 0 Å². The zero-order chi connectivity index (χ0) is 14.9. The molecule has 4 nitrogen and oxygen atoms in total. The van der Waals surface area contributed by atoms with E-state index in [-0.39, 0.29) is 11.2 Å². The fourth-order valence-corrected chi connectivity index (χ4v) is 2.84. The van der Waals surface area contributed by atoms with E-state index in [4.69, 9.17) is 4.74 Å². The summed E-state index contributed by atoms with van der Waals surface area (Å²) in [6.45, 7) is 10.8. The van der Waals surface area contributed by atoms with Crippen LogP contribution in [0.1, 0.15) is 40.5 Å². The van der Waals surface area contributed by atoms with Crippen LogP contribution < -0.4 is 5.32 Å². The normalized spacial score (nSPS) is 15.7. The molecule has 0 saturated carbocycles. The number of nitrogens with one attached hydrogen (secondary N) is 1. The lowest BCUT2D eigenvalue weighted by molar-refractivity contribution is 0.167. The minimum atomic E-state index is -2.84. The Hall–Kier alpha value is -0.130. The van der Waals surface area contributed by atoms with E-state index in [0.717, 1.165) is 25.9 Å². The topological polar surface area (TPSA) is 55.4 Å². The van der Waals surface area contributed by atoms with E-state index in [2.05, 4.69) is 26.1 Å². The van der Waals surface area contributed by atoms with Crippen molar-refractivity contribution in [3.8, 4) is 0 Å². The van der Waals surface area contributed by atoms with Crippen LogP contribution in [0.5, 0.6) is 0 Å². The molecule has 0 heterocycles. The summed E-state index contributed by atoms with van der Waals surface area (Å²) < 4.78 is 28.1. The van der Waals surface area contributed by atoms with Crippen molar-refractivity contribution in [1.29, 1.82) is 0 Å². The van der Waals surface area contributed by atoms with Crippen LogP contribution in [-0.2, 0) is 14.6 Å². The monoisotopic (exact) mass is 293 g/mol. The number of rotatable bonds is 11. The second kappa shape index (κ2) is 8.93. The van der Waals surface area contributed by atoms with Crippen molar-refractivity contribution in [2.75, 3.05) is 38.3 Å². The van der Waals surface area contributed by atoms with Gasteiger partial charge in [-0.15, -0.1) is 0 Å². The number of ether oxygens (including phenoxy) is 1. The first-order valence-electron chi connectivity index (χ1n) is 7.17. The van der Waals surface area contributed by atoms with Crippen LogP contribution in [0.4, 0.5) is 0 Å². The Morgan fingerprint density at radius 1 is 1.32 bits per heavy atom. The lowest BCUT2D eigenvalue weighted by Gasteiger charge is -2.34. The Kier molecular flexibility index (Phi) is 8.86. The molecule has 116 valence electrons. The molecule has 0 aliphatic heterocycles. The lowest BCUT2D eigenvalue weighted by atomic mass is 9.75.